The minimum absolute atomic E-state index is 0.107. The molecule has 1 aromatic carbocycles. The van der Waals surface area contributed by atoms with Crippen LogP contribution in [0.5, 0.6) is 0 Å². The van der Waals surface area contributed by atoms with Crippen LogP contribution in [0.15, 0.2) is 30.5 Å². The Kier molecular flexibility index (Phi) is 5.38. The van der Waals surface area contributed by atoms with Gasteiger partial charge in [-0.3, -0.25) is 15.1 Å². The second-order valence-electron chi connectivity index (χ2n) is 4.82. The van der Waals surface area contributed by atoms with Gasteiger partial charge in [-0.25, -0.2) is 0 Å². The van der Waals surface area contributed by atoms with Crippen LogP contribution < -0.4 is 5.32 Å². The number of aromatic nitrogens is 1. The molecule has 2 rings (SSSR count). The molecule has 0 amide bonds. The molecule has 0 bridgehead atoms. The van der Waals surface area contributed by atoms with Crippen LogP contribution in [0.2, 0.25) is 0 Å². The summed E-state index contributed by atoms with van der Waals surface area (Å²) in [5.41, 5.74) is 1.31. The molecular formula is C15H19N3O2S. The zero-order chi connectivity index (χ0) is 15.2. The first-order valence-corrected chi connectivity index (χ1v) is 8.15. The number of hydrogen-bond donors (Lipinski definition) is 1. The van der Waals surface area contributed by atoms with Crippen LogP contribution in [0.4, 0.5) is 11.4 Å². The molecule has 2 aromatic rings. The summed E-state index contributed by atoms with van der Waals surface area (Å²) >= 11 is 1.88. The Labute approximate surface area is 128 Å². The van der Waals surface area contributed by atoms with E-state index in [1.54, 1.807) is 24.4 Å². The molecule has 0 saturated heterocycles. The van der Waals surface area contributed by atoms with Gasteiger partial charge in [0, 0.05) is 12.2 Å². The lowest BCUT2D eigenvalue weighted by molar-refractivity contribution is -0.382. The van der Waals surface area contributed by atoms with Gasteiger partial charge in [-0.1, -0.05) is 6.92 Å². The molecule has 0 fully saturated rings. The number of nitrogens with zero attached hydrogens (tertiary/aromatic N) is 2. The van der Waals surface area contributed by atoms with Gasteiger partial charge in [0.15, 0.2) is 0 Å². The van der Waals surface area contributed by atoms with E-state index >= 15 is 0 Å². The van der Waals surface area contributed by atoms with E-state index in [9.17, 15) is 10.1 Å². The van der Waals surface area contributed by atoms with E-state index in [4.69, 9.17) is 0 Å². The van der Waals surface area contributed by atoms with Gasteiger partial charge >= 0.3 is 5.69 Å². The Morgan fingerprint density at radius 1 is 1.43 bits per heavy atom. The van der Waals surface area contributed by atoms with Crippen LogP contribution in [0, 0.1) is 10.1 Å². The maximum absolute atomic E-state index is 11.4. The molecule has 5 nitrogen and oxygen atoms in total. The summed E-state index contributed by atoms with van der Waals surface area (Å²) in [6, 6.07) is 7.22. The predicted octanol–water partition coefficient (Wildman–Crippen LogP) is 4.09. The molecule has 1 heterocycles. The Hall–Kier alpha value is -1.82. The summed E-state index contributed by atoms with van der Waals surface area (Å²) in [6.45, 7) is 4.18. The molecule has 1 aromatic heterocycles. The van der Waals surface area contributed by atoms with Gasteiger partial charge in [0.25, 0.3) is 0 Å². The second kappa shape index (κ2) is 7.26. The summed E-state index contributed by atoms with van der Waals surface area (Å²) in [6.07, 6.45) is 2.62. The lowest BCUT2D eigenvalue weighted by atomic mass is 10.1. The van der Waals surface area contributed by atoms with Crippen molar-refractivity contribution in [2.75, 3.05) is 16.8 Å². The van der Waals surface area contributed by atoms with E-state index < -0.39 is 0 Å². The van der Waals surface area contributed by atoms with Crippen molar-refractivity contribution in [1.29, 1.82) is 0 Å². The average Bonchev–Trinajstić information content (AvgIpc) is 2.47. The van der Waals surface area contributed by atoms with Gasteiger partial charge in [0.2, 0.25) is 0 Å². The van der Waals surface area contributed by atoms with E-state index in [-0.39, 0.29) is 16.7 Å². The molecule has 21 heavy (non-hydrogen) atoms. The lowest BCUT2D eigenvalue weighted by Gasteiger charge is -2.15. The highest BCUT2D eigenvalue weighted by Gasteiger charge is 2.19. The first kappa shape index (κ1) is 15.6. The summed E-state index contributed by atoms with van der Waals surface area (Å²) < 4.78 is 0. The number of anilines is 1. The highest BCUT2D eigenvalue weighted by molar-refractivity contribution is 7.99. The van der Waals surface area contributed by atoms with Crippen molar-refractivity contribution >= 4 is 34.0 Å². The molecule has 1 atom stereocenters. The quantitative estimate of drug-likeness (QED) is 0.474. The Morgan fingerprint density at radius 2 is 2.24 bits per heavy atom. The predicted molar refractivity (Wildman–Crippen MR) is 89.1 cm³/mol. The smallest absolute Gasteiger partial charge is 0.301 e. The second-order valence-corrected chi connectivity index (χ2v) is 6.21. The van der Waals surface area contributed by atoms with Crippen molar-refractivity contribution < 1.29 is 4.92 Å². The topological polar surface area (TPSA) is 68.1 Å². The van der Waals surface area contributed by atoms with E-state index in [1.165, 1.54) is 0 Å². The largest absolute Gasteiger partial charge is 0.377 e. The van der Waals surface area contributed by atoms with Gasteiger partial charge in [-0.2, -0.15) is 11.8 Å². The molecular weight excluding hydrogens is 286 g/mol. The first-order chi connectivity index (χ1) is 10.1. The van der Waals surface area contributed by atoms with Crippen molar-refractivity contribution in [2.45, 2.75) is 26.3 Å². The highest BCUT2D eigenvalue weighted by Crippen LogP contribution is 2.33. The summed E-state index contributed by atoms with van der Waals surface area (Å²) in [7, 11) is 0. The third kappa shape index (κ3) is 3.85. The number of thioether (sulfide) groups is 1. The highest BCUT2D eigenvalue weighted by atomic mass is 32.2. The number of nitro groups is 1. The van der Waals surface area contributed by atoms with Gasteiger partial charge < -0.3 is 5.32 Å². The van der Waals surface area contributed by atoms with Crippen LogP contribution >= 0.6 is 11.8 Å². The third-order valence-corrected chi connectivity index (χ3v) is 4.17. The summed E-state index contributed by atoms with van der Waals surface area (Å²) in [5, 5.41) is 15.2. The standard InChI is InChI=1S/C15H19N3O2S/c1-3-21-10-8-11(2)17-14-7-6-13-12(5-4-9-16-13)15(14)18(19)20/h4-7,9,11,17H,3,8,10H2,1-2H3. The van der Waals surface area contributed by atoms with Crippen LogP contribution in [-0.4, -0.2) is 27.5 Å². The van der Waals surface area contributed by atoms with Crippen LogP contribution in [0.25, 0.3) is 10.9 Å². The molecule has 0 aliphatic heterocycles. The summed E-state index contributed by atoms with van der Waals surface area (Å²) in [4.78, 5) is 15.2. The minimum Gasteiger partial charge on any atom is -0.377 e. The Balaban J connectivity index is 2.27. The number of hydrogen-bond acceptors (Lipinski definition) is 5. The zero-order valence-electron chi connectivity index (χ0n) is 12.2. The summed E-state index contributed by atoms with van der Waals surface area (Å²) in [5.74, 6) is 2.14. The van der Waals surface area contributed by atoms with Gasteiger partial charge in [0.05, 0.1) is 15.8 Å². The first-order valence-electron chi connectivity index (χ1n) is 7.00. The van der Waals surface area contributed by atoms with Gasteiger partial charge in [0.1, 0.15) is 5.69 Å². The molecule has 0 aliphatic carbocycles. The maximum Gasteiger partial charge on any atom is 0.301 e. The Morgan fingerprint density at radius 3 is 2.95 bits per heavy atom. The molecule has 0 radical (unpaired) electrons. The molecule has 0 saturated carbocycles. The zero-order valence-corrected chi connectivity index (χ0v) is 13.0. The molecule has 6 heteroatoms. The normalized spacial score (nSPS) is 12.3. The van der Waals surface area contributed by atoms with Crippen molar-refractivity contribution in [3.8, 4) is 0 Å². The van der Waals surface area contributed by atoms with E-state index in [2.05, 4.69) is 17.2 Å². The lowest BCUT2D eigenvalue weighted by Crippen LogP contribution is -2.17. The van der Waals surface area contributed by atoms with Crippen LogP contribution in [0.1, 0.15) is 20.3 Å². The fraction of sp³-hybridized carbons (Fsp3) is 0.400. The molecule has 1 N–H and O–H groups in total. The van der Waals surface area contributed by atoms with Crippen molar-refractivity contribution in [1.82, 2.24) is 4.98 Å². The monoisotopic (exact) mass is 305 g/mol. The van der Waals surface area contributed by atoms with Crippen molar-refractivity contribution in [3.63, 3.8) is 0 Å². The maximum atomic E-state index is 11.4. The van der Waals surface area contributed by atoms with Gasteiger partial charge in [-0.15, -0.1) is 0 Å². The van der Waals surface area contributed by atoms with Crippen molar-refractivity contribution in [2.24, 2.45) is 0 Å². The molecule has 1 unspecified atom stereocenters. The van der Waals surface area contributed by atoms with E-state index in [0.717, 1.165) is 17.9 Å². The molecule has 0 spiro atoms. The number of fused-ring (bicyclic) bond motifs is 1. The molecule has 0 aliphatic rings. The van der Waals surface area contributed by atoms with Gasteiger partial charge in [-0.05, 0) is 49.1 Å². The SMILES string of the molecule is CCSCCC(C)Nc1ccc2ncccc2c1[N+](=O)[O-]. The third-order valence-electron chi connectivity index (χ3n) is 3.24. The van der Waals surface area contributed by atoms with Crippen molar-refractivity contribution in [3.05, 3.63) is 40.6 Å². The van der Waals surface area contributed by atoms with Crippen LogP contribution in [0.3, 0.4) is 0 Å². The fourth-order valence-corrected chi connectivity index (χ4v) is 3.00. The number of rotatable bonds is 7. The Bertz CT molecular complexity index is 633. The average molecular weight is 305 g/mol. The molecule has 112 valence electrons. The number of benzene rings is 1. The van der Waals surface area contributed by atoms with E-state index in [1.807, 2.05) is 24.8 Å². The number of nitrogens with one attached hydrogen (secondary N) is 1. The van der Waals surface area contributed by atoms with Crippen LogP contribution in [-0.2, 0) is 0 Å². The number of pyridine rings is 1. The fourth-order valence-electron chi connectivity index (χ4n) is 2.19. The minimum atomic E-state index is -0.333. The van der Waals surface area contributed by atoms with E-state index in [0.29, 0.717) is 16.6 Å². The number of nitro benzene ring substituents is 1.